The van der Waals surface area contributed by atoms with Crippen molar-refractivity contribution in [2.45, 2.75) is 32.2 Å². The minimum atomic E-state index is -0.706. The SMILES string of the molecule is CC(C1CC1)N(C)CCC(=O)c1cc(F)cc(F)c1. The molecule has 1 unspecified atom stereocenters. The van der Waals surface area contributed by atoms with E-state index >= 15 is 0 Å². The molecule has 0 aromatic heterocycles. The normalized spacial score (nSPS) is 16.7. The minimum Gasteiger partial charge on any atom is -0.303 e. The maximum absolute atomic E-state index is 13.0. The first-order valence-corrected chi connectivity index (χ1v) is 6.67. The van der Waals surface area contributed by atoms with Crippen LogP contribution in [0.2, 0.25) is 0 Å². The van der Waals surface area contributed by atoms with Crippen LogP contribution in [0.3, 0.4) is 0 Å². The highest BCUT2D eigenvalue weighted by Gasteiger charge is 2.30. The van der Waals surface area contributed by atoms with Gasteiger partial charge in [0.25, 0.3) is 0 Å². The average molecular weight is 267 g/mol. The van der Waals surface area contributed by atoms with Gasteiger partial charge in [-0.2, -0.15) is 0 Å². The second-order valence-electron chi connectivity index (χ2n) is 5.39. The number of Topliss-reactive ketones (excluding diaryl/α,β-unsaturated/α-hetero) is 1. The molecule has 1 atom stereocenters. The fourth-order valence-electron chi connectivity index (χ4n) is 2.28. The summed E-state index contributed by atoms with van der Waals surface area (Å²) in [6.45, 7) is 2.78. The number of hydrogen-bond donors (Lipinski definition) is 0. The van der Waals surface area contributed by atoms with Crippen LogP contribution in [0.5, 0.6) is 0 Å². The number of carbonyl (C=O) groups is 1. The molecule has 1 aromatic rings. The summed E-state index contributed by atoms with van der Waals surface area (Å²) in [5, 5.41) is 0. The molecule has 4 heteroatoms. The zero-order chi connectivity index (χ0) is 14.0. The fourth-order valence-corrected chi connectivity index (χ4v) is 2.28. The molecule has 0 N–H and O–H groups in total. The van der Waals surface area contributed by atoms with Gasteiger partial charge < -0.3 is 4.90 Å². The van der Waals surface area contributed by atoms with E-state index in [9.17, 15) is 13.6 Å². The monoisotopic (exact) mass is 267 g/mol. The van der Waals surface area contributed by atoms with Gasteiger partial charge in [0, 0.05) is 30.6 Å². The van der Waals surface area contributed by atoms with Crippen LogP contribution in [-0.4, -0.2) is 30.3 Å². The van der Waals surface area contributed by atoms with Crippen molar-refractivity contribution >= 4 is 5.78 Å². The molecule has 1 aliphatic carbocycles. The molecule has 0 aliphatic heterocycles. The Bertz CT molecular complexity index is 451. The lowest BCUT2D eigenvalue weighted by atomic mass is 10.1. The van der Waals surface area contributed by atoms with Gasteiger partial charge in [-0.05, 0) is 44.9 Å². The Kier molecular flexibility index (Phi) is 4.30. The van der Waals surface area contributed by atoms with Crippen LogP contribution >= 0.6 is 0 Å². The Morgan fingerprint density at radius 2 is 1.89 bits per heavy atom. The largest absolute Gasteiger partial charge is 0.303 e. The Morgan fingerprint density at radius 1 is 1.32 bits per heavy atom. The van der Waals surface area contributed by atoms with E-state index < -0.39 is 11.6 Å². The molecule has 1 aliphatic rings. The Hall–Kier alpha value is -1.29. The quantitative estimate of drug-likeness (QED) is 0.737. The summed E-state index contributed by atoms with van der Waals surface area (Å²) in [4.78, 5) is 14.0. The van der Waals surface area contributed by atoms with E-state index in [1.807, 2.05) is 7.05 Å². The first-order chi connectivity index (χ1) is 8.97. The molecule has 0 saturated heterocycles. The summed E-state index contributed by atoms with van der Waals surface area (Å²) in [6.07, 6.45) is 2.81. The summed E-state index contributed by atoms with van der Waals surface area (Å²) >= 11 is 0. The van der Waals surface area contributed by atoms with Crippen molar-refractivity contribution in [2.75, 3.05) is 13.6 Å². The van der Waals surface area contributed by atoms with Gasteiger partial charge in [-0.1, -0.05) is 0 Å². The van der Waals surface area contributed by atoms with Gasteiger partial charge in [-0.3, -0.25) is 4.79 Å². The third-order valence-electron chi connectivity index (χ3n) is 3.88. The third kappa shape index (κ3) is 3.83. The molecular formula is C15H19F2NO. The zero-order valence-electron chi connectivity index (χ0n) is 11.3. The highest BCUT2D eigenvalue weighted by atomic mass is 19.1. The lowest BCUT2D eigenvalue weighted by molar-refractivity contribution is 0.0958. The molecule has 2 rings (SSSR count). The maximum atomic E-state index is 13.0. The highest BCUT2D eigenvalue weighted by molar-refractivity contribution is 5.96. The van der Waals surface area contributed by atoms with Crippen LogP contribution in [0.1, 0.15) is 36.5 Å². The van der Waals surface area contributed by atoms with E-state index in [2.05, 4.69) is 11.8 Å². The van der Waals surface area contributed by atoms with E-state index in [1.54, 1.807) is 0 Å². The van der Waals surface area contributed by atoms with Gasteiger partial charge in [0.15, 0.2) is 5.78 Å². The van der Waals surface area contributed by atoms with Crippen LogP contribution in [0, 0.1) is 17.6 Å². The molecule has 0 amide bonds. The maximum Gasteiger partial charge on any atom is 0.164 e. The number of benzene rings is 1. The van der Waals surface area contributed by atoms with Crippen LogP contribution in [0.4, 0.5) is 8.78 Å². The minimum absolute atomic E-state index is 0.116. The number of ketones is 1. The van der Waals surface area contributed by atoms with Gasteiger partial charge in [-0.15, -0.1) is 0 Å². The molecular weight excluding hydrogens is 248 g/mol. The molecule has 2 nitrogen and oxygen atoms in total. The number of nitrogens with zero attached hydrogens (tertiary/aromatic N) is 1. The first kappa shape index (κ1) is 14.1. The second kappa shape index (κ2) is 5.78. The van der Waals surface area contributed by atoms with Gasteiger partial charge in [0.1, 0.15) is 11.6 Å². The standard InChI is InChI=1S/C15H19F2NO/c1-10(11-3-4-11)18(2)6-5-15(19)12-7-13(16)9-14(17)8-12/h7-11H,3-6H2,1-2H3. The Morgan fingerprint density at radius 3 is 2.42 bits per heavy atom. The molecule has 1 aromatic carbocycles. The van der Waals surface area contributed by atoms with Crippen molar-refractivity contribution in [3.05, 3.63) is 35.4 Å². The van der Waals surface area contributed by atoms with E-state index in [-0.39, 0.29) is 17.8 Å². The van der Waals surface area contributed by atoms with Crippen molar-refractivity contribution in [1.29, 1.82) is 0 Å². The molecule has 1 saturated carbocycles. The molecule has 104 valence electrons. The highest BCUT2D eigenvalue weighted by Crippen LogP contribution is 2.34. The first-order valence-electron chi connectivity index (χ1n) is 6.67. The van der Waals surface area contributed by atoms with Crippen molar-refractivity contribution in [3.8, 4) is 0 Å². The third-order valence-corrected chi connectivity index (χ3v) is 3.88. The Balaban J connectivity index is 1.89. The summed E-state index contributed by atoms with van der Waals surface area (Å²) in [7, 11) is 1.99. The molecule has 1 fully saturated rings. The summed E-state index contributed by atoms with van der Waals surface area (Å²) in [5.74, 6) is -0.883. The van der Waals surface area contributed by atoms with Crippen LogP contribution in [0.15, 0.2) is 18.2 Å². The van der Waals surface area contributed by atoms with Crippen LogP contribution < -0.4 is 0 Å². The molecule has 0 radical (unpaired) electrons. The fraction of sp³-hybridized carbons (Fsp3) is 0.533. The summed E-state index contributed by atoms with van der Waals surface area (Å²) in [5.41, 5.74) is 0.116. The van der Waals surface area contributed by atoms with E-state index in [4.69, 9.17) is 0 Å². The number of rotatable bonds is 6. The molecule has 0 spiro atoms. The number of halogens is 2. The molecule has 0 bridgehead atoms. The van der Waals surface area contributed by atoms with E-state index in [0.29, 0.717) is 12.6 Å². The predicted molar refractivity (Wildman–Crippen MR) is 70.1 cm³/mol. The van der Waals surface area contributed by atoms with Crippen LogP contribution in [-0.2, 0) is 0 Å². The topological polar surface area (TPSA) is 20.3 Å². The predicted octanol–water partition coefficient (Wildman–Crippen LogP) is 3.27. The lowest BCUT2D eigenvalue weighted by Crippen LogP contribution is -2.32. The second-order valence-corrected chi connectivity index (χ2v) is 5.39. The van der Waals surface area contributed by atoms with Gasteiger partial charge >= 0.3 is 0 Å². The smallest absolute Gasteiger partial charge is 0.164 e. The van der Waals surface area contributed by atoms with Gasteiger partial charge in [0.05, 0.1) is 0 Å². The lowest BCUT2D eigenvalue weighted by Gasteiger charge is -2.24. The van der Waals surface area contributed by atoms with Gasteiger partial charge in [-0.25, -0.2) is 8.78 Å². The van der Waals surface area contributed by atoms with E-state index in [0.717, 1.165) is 24.1 Å². The summed E-state index contributed by atoms with van der Waals surface area (Å²) in [6, 6.07) is 3.43. The summed E-state index contributed by atoms with van der Waals surface area (Å²) < 4.78 is 26.1. The van der Waals surface area contributed by atoms with E-state index in [1.165, 1.54) is 12.8 Å². The molecule has 19 heavy (non-hydrogen) atoms. The number of carbonyl (C=O) groups excluding carboxylic acids is 1. The molecule has 0 heterocycles. The van der Waals surface area contributed by atoms with Crippen molar-refractivity contribution < 1.29 is 13.6 Å². The zero-order valence-corrected chi connectivity index (χ0v) is 11.3. The number of hydrogen-bond acceptors (Lipinski definition) is 2. The average Bonchev–Trinajstić information content (AvgIpc) is 3.17. The van der Waals surface area contributed by atoms with Crippen molar-refractivity contribution in [2.24, 2.45) is 5.92 Å². The van der Waals surface area contributed by atoms with Crippen LogP contribution in [0.25, 0.3) is 0 Å². The van der Waals surface area contributed by atoms with Crippen molar-refractivity contribution in [3.63, 3.8) is 0 Å². The Labute approximate surface area is 112 Å². The van der Waals surface area contributed by atoms with Gasteiger partial charge in [0.2, 0.25) is 0 Å². The van der Waals surface area contributed by atoms with Crippen molar-refractivity contribution in [1.82, 2.24) is 4.90 Å².